The predicted octanol–water partition coefficient (Wildman–Crippen LogP) is 2.99. The number of nitrogens with zero attached hydrogens (tertiary/aromatic N) is 3. The summed E-state index contributed by atoms with van der Waals surface area (Å²) in [4.78, 5) is 18.2. The van der Waals surface area contributed by atoms with E-state index in [1.165, 1.54) is 11.0 Å². The summed E-state index contributed by atoms with van der Waals surface area (Å²) in [5, 5.41) is 11.9. The number of alkyl halides is 2. The van der Waals surface area contributed by atoms with Crippen molar-refractivity contribution in [3.63, 3.8) is 0 Å². The van der Waals surface area contributed by atoms with Gasteiger partial charge < -0.3 is 15.0 Å². The third kappa shape index (κ3) is 5.06. The number of hydrogen-bond donors (Lipinski definition) is 1. The van der Waals surface area contributed by atoms with Gasteiger partial charge in [-0.3, -0.25) is 4.79 Å². The van der Waals surface area contributed by atoms with Crippen molar-refractivity contribution in [3.05, 3.63) is 17.8 Å². The first-order valence-electron chi connectivity index (χ1n) is 9.24. The van der Waals surface area contributed by atoms with Crippen LogP contribution in [0, 0.1) is 23.2 Å². The number of pyridine rings is 1. The van der Waals surface area contributed by atoms with Crippen LogP contribution in [0.5, 0.6) is 5.88 Å². The van der Waals surface area contributed by atoms with Gasteiger partial charge in [0.15, 0.2) is 0 Å². The molecule has 1 saturated heterocycles. The second kappa shape index (κ2) is 7.67. The Kier molecular flexibility index (Phi) is 5.49. The molecule has 1 amide bonds. The van der Waals surface area contributed by atoms with Gasteiger partial charge in [-0.25, -0.2) is 13.8 Å². The van der Waals surface area contributed by atoms with Crippen molar-refractivity contribution in [2.24, 2.45) is 11.8 Å². The molecule has 1 unspecified atom stereocenters. The van der Waals surface area contributed by atoms with Gasteiger partial charge in [0.25, 0.3) is 11.8 Å². The van der Waals surface area contributed by atoms with Crippen molar-refractivity contribution in [1.82, 2.24) is 10.3 Å². The van der Waals surface area contributed by atoms with Crippen molar-refractivity contribution < 1.29 is 18.3 Å². The van der Waals surface area contributed by atoms with E-state index >= 15 is 0 Å². The number of amides is 1. The van der Waals surface area contributed by atoms with E-state index in [2.05, 4.69) is 16.4 Å². The van der Waals surface area contributed by atoms with Gasteiger partial charge in [0.2, 0.25) is 5.88 Å². The maximum atomic E-state index is 13.2. The average molecular weight is 378 g/mol. The lowest BCUT2D eigenvalue weighted by Gasteiger charge is -2.40. The monoisotopic (exact) mass is 378 g/mol. The second-order valence-electron chi connectivity index (χ2n) is 7.77. The van der Waals surface area contributed by atoms with E-state index in [1.807, 2.05) is 13.8 Å². The fourth-order valence-electron chi connectivity index (χ4n) is 2.92. The molecule has 1 N–H and O–H groups in total. The summed E-state index contributed by atoms with van der Waals surface area (Å²) in [6.07, 6.45) is 2.70. The smallest absolute Gasteiger partial charge is 0.282 e. The van der Waals surface area contributed by atoms with E-state index in [0.717, 1.165) is 12.8 Å². The number of hydrogen-bond acceptors (Lipinski definition) is 5. The third-order valence-corrected chi connectivity index (χ3v) is 4.58. The molecule has 1 aliphatic carbocycles. The van der Waals surface area contributed by atoms with Gasteiger partial charge in [-0.15, -0.1) is 0 Å². The highest BCUT2D eigenvalue weighted by atomic mass is 19.3. The zero-order valence-electron chi connectivity index (χ0n) is 15.5. The molecule has 2 aliphatic rings. The highest BCUT2D eigenvalue weighted by Gasteiger charge is 2.45. The van der Waals surface area contributed by atoms with Gasteiger partial charge in [-0.05, 0) is 43.2 Å². The summed E-state index contributed by atoms with van der Waals surface area (Å²) in [6.45, 7) is 3.63. The molecule has 0 aromatic carbocycles. The van der Waals surface area contributed by atoms with Gasteiger partial charge in [-0.2, -0.15) is 5.26 Å². The highest BCUT2D eigenvalue weighted by molar-refractivity contribution is 5.93. The Morgan fingerprint density at radius 1 is 1.44 bits per heavy atom. The Bertz CT molecular complexity index is 736. The van der Waals surface area contributed by atoms with Crippen molar-refractivity contribution in [2.45, 2.75) is 45.1 Å². The zero-order valence-corrected chi connectivity index (χ0v) is 15.5. The van der Waals surface area contributed by atoms with Crippen LogP contribution in [-0.4, -0.2) is 42.6 Å². The molecular formula is C19H24F2N4O2. The van der Waals surface area contributed by atoms with Gasteiger partial charge >= 0.3 is 0 Å². The molecule has 146 valence electrons. The Morgan fingerprint density at radius 2 is 2.15 bits per heavy atom. The standard InChI is InChI=1S/C19H24F2N4O2/c1-12(2)7-14(8-22)23-17(26)15-5-6-16(25-10-19(20,21)11-25)18(24-15)27-9-13-3-4-13/h5-6,12-14H,3-4,7,9-11H2,1-2H3,(H,23,26). The van der Waals surface area contributed by atoms with Crippen molar-refractivity contribution in [1.29, 1.82) is 5.26 Å². The number of aromatic nitrogens is 1. The van der Waals surface area contributed by atoms with Crippen LogP contribution in [-0.2, 0) is 0 Å². The first kappa shape index (κ1) is 19.3. The van der Waals surface area contributed by atoms with Gasteiger partial charge in [-0.1, -0.05) is 13.8 Å². The first-order chi connectivity index (χ1) is 12.8. The van der Waals surface area contributed by atoms with Crippen LogP contribution in [0.2, 0.25) is 0 Å². The van der Waals surface area contributed by atoms with E-state index < -0.39 is 17.9 Å². The minimum atomic E-state index is -2.71. The number of rotatable bonds is 8. The fourth-order valence-corrected chi connectivity index (χ4v) is 2.92. The van der Waals surface area contributed by atoms with E-state index in [0.29, 0.717) is 24.6 Å². The molecule has 8 heteroatoms. The summed E-state index contributed by atoms with van der Waals surface area (Å²) in [7, 11) is 0. The van der Waals surface area contributed by atoms with Crippen molar-refractivity contribution >= 4 is 11.6 Å². The number of anilines is 1. The summed E-state index contributed by atoms with van der Waals surface area (Å²) in [5.74, 6) is -2.26. The summed E-state index contributed by atoms with van der Waals surface area (Å²) in [6, 6.07) is 4.53. The Hall–Kier alpha value is -2.43. The third-order valence-electron chi connectivity index (χ3n) is 4.58. The molecule has 0 spiro atoms. The van der Waals surface area contributed by atoms with Crippen LogP contribution in [0.15, 0.2) is 12.1 Å². The summed E-state index contributed by atoms with van der Waals surface area (Å²) < 4.78 is 32.2. The maximum Gasteiger partial charge on any atom is 0.282 e. The molecule has 2 heterocycles. The largest absolute Gasteiger partial charge is 0.476 e. The molecule has 1 aromatic rings. The van der Waals surface area contributed by atoms with Gasteiger partial charge in [0.05, 0.1) is 25.8 Å². The first-order valence-corrected chi connectivity index (χ1v) is 9.24. The molecule has 0 bridgehead atoms. The molecule has 1 atom stereocenters. The number of nitrogens with one attached hydrogen (secondary N) is 1. The number of nitriles is 1. The molecule has 0 radical (unpaired) electrons. The molecule has 2 fully saturated rings. The average Bonchev–Trinajstić information content (AvgIpc) is 3.40. The molecule has 1 aromatic heterocycles. The topological polar surface area (TPSA) is 78.2 Å². The zero-order chi connectivity index (χ0) is 19.6. The normalized spacial score (nSPS) is 19.2. The molecule has 27 heavy (non-hydrogen) atoms. The molecule has 1 aliphatic heterocycles. The molecule has 3 rings (SSSR count). The summed E-state index contributed by atoms with van der Waals surface area (Å²) >= 11 is 0. The Balaban J connectivity index is 1.74. The number of carbonyl (C=O) groups is 1. The van der Waals surface area contributed by atoms with Crippen LogP contribution in [0.4, 0.5) is 14.5 Å². The number of carbonyl (C=O) groups excluding carboxylic acids is 1. The molecule has 1 saturated carbocycles. The van der Waals surface area contributed by atoms with Crippen LogP contribution in [0.25, 0.3) is 0 Å². The van der Waals surface area contributed by atoms with Crippen molar-refractivity contribution in [3.8, 4) is 11.9 Å². The number of ether oxygens (including phenoxy) is 1. The van der Waals surface area contributed by atoms with Crippen LogP contribution in [0.3, 0.4) is 0 Å². The minimum absolute atomic E-state index is 0.112. The maximum absolute atomic E-state index is 13.2. The molecule has 6 nitrogen and oxygen atoms in total. The van der Waals surface area contributed by atoms with E-state index in [4.69, 9.17) is 4.74 Å². The van der Waals surface area contributed by atoms with Crippen LogP contribution >= 0.6 is 0 Å². The lowest BCUT2D eigenvalue weighted by atomic mass is 10.0. The van der Waals surface area contributed by atoms with Crippen LogP contribution < -0.4 is 15.0 Å². The Morgan fingerprint density at radius 3 is 2.70 bits per heavy atom. The Labute approximate surface area is 157 Å². The van der Waals surface area contributed by atoms with Crippen LogP contribution in [0.1, 0.15) is 43.6 Å². The van der Waals surface area contributed by atoms with Gasteiger partial charge in [0.1, 0.15) is 17.4 Å². The quantitative estimate of drug-likeness (QED) is 0.752. The fraction of sp³-hybridized carbons (Fsp3) is 0.632. The van der Waals surface area contributed by atoms with E-state index in [9.17, 15) is 18.8 Å². The lowest BCUT2D eigenvalue weighted by Crippen LogP contribution is -2.56. The van der Waals surface area contributed by atoms with E-state index in [-0.39, 0.29) is 30.6 Å². The molecular weight excluding hydrogens is 354 g/mol. The SMILES string of the molecule is CC(C)CC(C#N)NC(=O)c1ccc(N2CC(F)(F)C2)c(OCC2CC2)n1. The van der Waals surface area contributed by atoms with Crippen molar-refractivity contribution in [2.75, 3.05) is 24.6 Å². The summed E-state index contributed by atoms with van der Waals surface area (Å²) in [5.41, 5.74) is 0.581. The van der Waals surface area contributed by atoms with E-state index in [1.54, 1.807) is 6.07 Å². The number of halogens is 2. The highest BCUT2D eigenvalue weighted by Crippen LogP contribution is 2.37. The predicted molar refractivity (Wildman–Crippen MR) is 95.9 cm³/mol. The lowest BCUT2D eigenvalue weighted by molar-refractivity contribution is -0.0265. The van der Waals surface area contributed by atoms with Gasteiger partial charge in [0, 0.05) is 0 Å². The second-order valence-corrected chi connectivity index (χ2v) is 7.77. The minimum Gasteiger partial charge on any atom is -0.476 e.